The molecule has 7 nitrogen and oxygen atoms in total. The Hall–Kier alpha value is -3.72. The first-order valence-corrected chi connectivity index (χ1v) is 15.7. The second-order valence-corrected chi connectivity index (χ2v) is 12.6. The van der Waals surface area contributed by atoms with Gasteiger partial charge < -0.3 is 10.2 Å². The number of aryl methyl sites for hydroxylation is 1. The van der Waals surface area contributed by atoms with Crippen LogP contribution in [0.25, 0.3) is 0 Å². The minimum atomic E-state index is -3.79. The van der Waals surface area contributed by atoms with Crippen molar-refractivity contribution in [2.45, 2.75) is 52.6 Å². The molecule has 1 N–H and O–H groups in total. The molecule has 0 fully saturated rings. The fourth-order valence-electron chi connectivity index (χ4n) is 4.58. The predicted octanol–water partition coefficient (Wildman–Crippen LogP) is 5.09. The topological polar surface area (TPSA) is 86.8 Å². The molecule has 0 heterocycles. The number of nitrogens with zero attached hydrogens (tertiary/aromatic N) is 2. The van der Waals surface area contributed by atoms with E-state index >= 15 is 0 Å². The maximum Gasteiger partial charge on any atom is 0.243 e. The average molecular weight is 582 g/mol. The monoisotopic (exact) mass is 581 g/mol. The van der Waals surface area contributed by atoms with E-state index in [1.807, 2.05) is 75.4 Å². The molecule has 0 saturated carbocycles. The van der Waals surface area contributed by atoms with E-state index in [0.29, 0.717) is 13.0 Å². The second-order valence-electron chi connectivity index (χ2n) is 10.7. The third-order valence-corrected chi connectivity index (χ3v) is 8.01. The Balaban J connectivity index is 1.90. The molecule has 9 heteroatoms. The van der Waals surface area contributed by atoms with Crippen LogP contribution in [0.2, 0.25) is 0 Å². The fourth-order valence-corrected chi connectivity index (χ4v) is 5.55. The number of sulfonamides is 1. The zero-order valence-corrected chi connectivity index (χ0v) is 25.0. The van der Waals surface area contributed by atoms with Crippen LogP contribution in [0.15, 0.2) is 78.9 Å². The number of carbonyl (C=O) groups excluding carboxylic acids is 2. The van der Waals surface area contributed by atoms with Gasteiger partial charge in [0.05, 0.1) is 11.9 Å². The van der Waals surface area contributed by atoms with Crippen molar-refractivity contribution in [1.29, 1.82) is 0 Å². The maximum atomic E-state index is 14.5. The van der Waals surface area contributed by atoms with Gasteiger partial charge in [-0.2, -0.15) is 0 Å². The molecular formula is C32H40FN3O4S. The van der Waals surface area contributed by atoms with Crippen molar-refractivity contribution >= 4 is 27.5 Å². The van der Waals surface area contributed by atoms with Crippen molar-refractivity contribution in [2.24, 2.45) is 5.92 Å². The van der Waals surface area contributed by atoms with Gasteiger partial charge >= 0.3 is 0 Å². The van der Waals surface area contributed by atoms with E-state index in [-0.39, 0.29) is 49.4 Å². The lowest BCUT2D eigenvalue weighted by Gasteiger charge is -2.32. The van der Waals surface area contributed by atoms with Gasteiger partial charge in [0.2, 0.25) is 21.8 Å². The average Bonchev–Trinajstić information content (AvgIpc) is 2.93. The second kappa shape index (κ2) is 14.8. The number of hydrogen-bond acceptors (Lipinski definition) is 4. The Morgan fingerprint density at radius 3 is 2.20 bits per heavy atom. The van der Waals surface area contributed by atoms with E-state index in [4.69, 9.17) is 0 Å². The first-order chi connectivity index (χ1) is 19.5. The highest BCUT2D eigenvalue weighted by Gasteiger charge is 2.31. The van der Waals surface area contributed by atoms with Gasteiger partial charge in [-0.15, -0.1) is 0 Å². The summed E-state index contributed by atoms with van der Waals surface area (Å²) >= 11 is 0. The predicted molar refractivity (Wildman–Crippen MR) is 161 cm³/mol. The standard InChI is InChI=1S/C32H40FN3O4S/c1-24(2)22-34-32(38)30(21-26-14-6-5-7-15-26)35(23-27-16-9-8-13-25(27)3)31(37)19-12-20-36(41(4,39)40)29-18-11-10-17-28(29)33/h5-11,13-18,24,30H,12,19-23H2,1-4H3,(H,34,38). The molecule has 1 unspecified atom stereocenters. The van der Waals surface area contributed by atoms with E-state index in [9.17, 15) is 22.4 Å². The molecule has 0 spiro atoms. The Morgan fingerprint density at radius 2 is 1.56 bits per heavy atom. The van der Waals surface area contributed by atoms with Crippen LogP contribution in [0.4, 0.5) is 10.1 Å². The molecule has 1 atom stereocenters. The summed E-state index contributed by atoms with van der Waals surface area (Å²) in [6.45, 7) is 6.59. The number of amides is 2. The Bertz CT molecular complexity index is 1410. The number of carbonyl (C=O) groups is 2. The highest BCUT2D eigenvalue weighted by Crippen LogP contribution is 2.23. The van der Waals surface area contributed by atoms with Gasteiger partial charge in [0.25, 0.3) is 0 Å². The van der Waals surface area contributed by atoms with Gasteiger partial charge in [0.15, 0.2) is 0 Å². The molecule has 0 aliphatic carbocycles. The summed E-state index contributed by atoms with van der Waals surface area (Å²) < 4.78 is 40.5. The van der Waals surface area contributed by atoms with E-state index in [2.05, 4.69) is 5.32 Å². The molecule has 41 heavy (non-hydrogen) atoms. The normalized spacial score (nSPS) is 12.1. The number of halogens is 1. The van der Waals surface area contributed by atoms with Gasteiger partial charge in [0, 0.05) is 32.5 Å². The zero-order chi connectivity index (χ0) is 30.0. The van der Waals surface area contributed by atoms with Crippen LogP contribution in [-0.4, -0.2) is 50.5 Å². The fraction of sp³-hybridized carbons (Fsp3) is 0.375. The highest BCUT2D eigenvalue weighted by molar-refractivity contribution is 7.92. The third kappa shape index (κ3) is 9.42. The van der Waals surface area contributed by atoms with Gasteiger partial charge in [-0.05, 0) is 48.1 Å². The van der Waals surface area contributed by atoms with Crippen molar-refractivity contribution < 1.29 is 22.4 Å². The van der Waals surface area contributed by atoms with Crippen LogP contribution >= 0.6 is 0 Å². The molecule has 2 amide bonds. The molecule has 0 radical (unpaired) electrons. The maximum absolute atomic E-state index is 14.5. The van der Waals surface area contributed by atoms with Crippen molar-refractivity contribution in [2.75, 3.05) is 23.7 Å². The summed E-state index contributed by atoms with van der Waals surface area (Å²) in [6, 6.07) is 22.1. The summed E-state index contributed by atoms with van der Waals surface area (Å²) in [7, 11) is -3.79. The van der Waals surface area contributed by atoms with Crippen LogP contribution in [-0.2, 0) is 32.6 Å². The molecular weight excluding hydrogens is 541 g/mol. The lowest BCUT2D eigenvalue weighted by atomic mass is 10.0. The smallest absolute Gasteiger partial charge is 0.243 e. The summed E-state index contributed by atoms with van der Waals surface area (Å²) in [5.41, 5.74) is 2.77. The Kier molecular flexibility index (Phi) is 11.5. The highest BCUT2D eigenvalue weighted by atomic mass is 32.2. The molecule has 3 rings (SSSR count). The third-order valence-electron chi connectivity index (χ3n) is 6.83. The first-order valence-electron chi connectivity index (χ1n) is 13.8. The number of hydrogen-bond donors (Lipinski definition) is 1. The molecule has 0 saturated heterocycles. The number of benzene rings is 3. The van der Waals surface area contributed by atoms with Gasteiger partial charge in [-0.3, -0.25) is 13.9 Å². The number of para-hydroxylation sites is 1. The number of anilines is 1. The molecule has 0 aromatic heterocycles. The van der Waals surface area contributed by atoms with E-state index in [1.54, 1.807) is 11.0 Å². The van der Waals surface area contributed by atoms with Crippen LogP contribution in [0, 0.1) is 18.7 Å². The van der Waals surface area contributed by atoms with Gasteiger partial charge in [-0.1, -0.05) is 80.6 Å². The molecule has 220 valence electrons. The minimum Gasteiger partial charge on any atom is -0.354 e. The Morgan fingerprint density at radius 1 is 0.927 bits per heavy atom. The quantitative estimate of drug-likeness (QED) is 0.287. The van der Waals surface area contributed by atoms with Crippen LogP contribution in [0.1, 0.15) is 43.4 Å². The molecule has 3 aromatic rings. The Labute approximate surface area is 243 Å². The summed E-state index contributed by atoms with van der Waals surface area (Å²) in [5, 5.41) is 3.00. The molecule has 0 aliphatic heterocycles. The zero-order valence-electron chi connectivity index (χ0n) is 24.2. The van der Waals surface area contributed by atoms with E-state index in [1.165, 1.54) is 18.2 Å². The largest absolute Gasteiger partial charge is 0.354 e. The van der Waals surface area contributed by atoms with Crippen molar-refractivity contribution in [3.63, 3.8) is 0 Å². The molecule has 0 bridgehead atoms. The van der Waals surface area contributed by atoms with Gasteiger partial charge in [-0.25, -0.2) is 12.8 Å². The number of rotatable bonds is 14. The SMILES string of the molecule is Cc1ccccc1CN(C(=O)CCCN(c1ccccc1F)S(C)(=O)=O)C(Cc1ccccc1)C(=O)NCC(C)C. The lowest BCUT2D eigenvalue weighted by Crippen LogP contribution is -2.51. The van der Waals surface area contributed by atoms with E-state index in [0.717, 1.165) is 27.3 Å². The van der Waals surface area contributed by atoms with Crippen LogP contribution < -0.4 is 9.62 Å². The van der Waals surface area contributed by atoms with Crippen LogP contribution in [0.5, 0.6) is 0 Å². The van der Waals surface area contributed by atoms with Crippen molar-refractivity contribution in [1.82, 2.24) is 10.2 Å². The van der Waals surface area contributed by atoms with Gasteiger partial charge in [0.1, 0.15) is 11.9 Å². The summed E-state index contributed by atoms with van der Waals surface area (Å²) in [5.74, 6) is -0.947. The summed E-state index contributed by atoms with van der Waals surface area (Å²) in [4.78, 5) is 29.0. The van der Waals surface area contributed by atoms with Crippen LogP contribution in [0.3, 0.4) is 0 Å². The first kappa shape index (κ1) is 31.8. The van der Waals surface area contributed by atoms with E-state index < -0.39 is 21.9 Å². The minimum absolute atomic E-state index is 0.0187. The molecule has 3 aromatic carbocycles. The van der Waals surface area contributed by atoms with Crippen molar-refractivity contribution in [3.8, 4) is 0 Å². The lowest BCUT2D eigenvalue weighted by molar-refractivity contribution is -0.141. The van der Waals surface area contributed by atoms with Crippen molar-refractivity contribution in [3.05, 3.63) is 101 Å². The number of nitrogens with one attached hydrogen (secondary N) is 1. The summed E-state index contributed by atoms with van der Waals surface area (Å²) in [6.07, 6.45) is 1.47. The molecule has 0 aliphatic rings.